The van der Waals surface area contributed by atoms with E-state index < -0.39 is 16.1 Å². The van der Waals surface area contributed by atoms with Crippen LogP contribution in [0.1, 0.15) is 50.3 Å². The summed E-state index contributed by atoms with van der Waals surface area (Å²) >= 11 is 0. The minimum absolute atomic E-state index is 0.146. The van der Waals surface area contributed by atoms with Crippen LogP contribution in [0.4, 0.5) is 5.69 Å². The van der Waals surface area contributed by atoms with Crippen molar-refractivity contribution in [2.45, 2.75) is 59.9 Å². The molecule has 36 heavy (non-hydrogen) atoms. The average Bonchev–Trinajstić information content (AvgIpc) is 2.82. The first kappa shape index (κ1) is 29.4. The van der Waals surface area contributed by atoms with Gasteiger partial charge in [0.05, 0.1) is 11.9 Å². The Bertz CT molecular complexity index is 1120. The van der Waals surface area contributed by atoms with Gasteiger partial charge in [-0.3, -0.25) is 13.9 Å². The van der Waals surface area contributed by atoms with Gasteiger partial charge in [-0.05, 0) is 68.4 Å². The van der Waals surface area contributed by atoms with Crippen LogP contribution < -0.4 is 9.62 Å². The Morgan fingerprint density at radius 3 is 2.19 bits per heavy atom. The maximum atomic E-state index is 13.3. The monoisotopic (exact) mass is 515 g/mol. The van der Waals surface area contributed by atoms with E-state index in [-0.39, 0.29) is 24.8 Å². The number of nitrogens with one attached hydrogen (secondary N) is 1. The Hall–Kier alpha value is -2.87. The Morgan fingerprint density at radius 2 is 1.61 bits per heavy atom. The molecule has 2 amide bonds. The van der Waals surface area contributed by atoms with Crippen molar-refractivity contribution in [3.8, 4) is 0 Å². The largest absolute Gasteiger partial charge is 0.354 e. The fraction of sp³-hybridized carbons (Fsp3) is 0.500. The molecule has 7 nitrogen and oxygen atoms in total. The maximum absolute atomic E-state index is 13.3. The number of sulfonamides is 1. The van der Waals surface area contributed by atoms with Gasteiger partial charge in [0.2, 0.25) is 21.8 Å². The Kier molecular flexibility index (Phi) is 11.0. The number of rotatable bonds is 13. The molecule has 0 saturated carbocycles. The molecule has 2 aromatic rings. The smallest absolute Gasteiger partial charge is 0.242 e. The highest BCUT2D eigenvalue weighted by molar-refractivity contribution is 7.92. The van der Waals surface area contributed by atoms with Crippen molar-refractivity contribution in [1.29, 1.82) is 0 Å². The number of aryl methyl sites for hydroxylation is 2. The lowest BCUT2D eigenvalue weighted by Gasteiger charge is -2.29. The topological polar surface area (TPSA) is 86.8 Å². The van der Waals surface area contributed by atoms with Crippen LogP contribution in [0.25, 0.3) is 0 Å². The van der Waals surface area contributed by atoms with Gasteiger partial charge in [-0.2, -0.15) is 0 Å². The second-order valence-electron chi connectivity index (χ2n) is 9.84. The molecular weight excluding hydrogens is 474 g/mol. The van der Waals surface area contributed by atoms with E-state index in [1.54, 1.807) is 17.9 Å². The van der Waals surface area contributed by atoms with Crippen LogP contribution in [0.5, 0.6) is 0 Å². The zero-order valence-corrected chi connectivity index (χ0v) is 23.3. The van der Waals surface area contributed by atoms with Gasteiger partial charge in [-0.1, -0.05) is 50.2 Å². The number of anilines is 1. The number of hydrogen-bond acceptors (Lipinski definition) is 4. The highest BCUT2D eigenvalue weighted by Gasteiger charge is 2.26. The van der Waals surface area contributed by atoms with Crippen molar-refractivity contribution in [1.82, 2.24) is 10.2 Å². The molecule has 2 aromatic carbocycles. The SMILES string of the molecule is Cc1ccc(N(CCCC(=O)N(CCc2ccccc2)[C@H](C)C(=O)NCC(C)C)S(C)(=O)=O)cc1C. The van der Waals surface area contributed by atoms with Crippen LogP contribution in [0.2, 0.25) is 0 Å². The Balaban J connectivity index is 2.11. The molecule has 198 valence electrons. The molecule has 0 aliphatic rings. The van der Waals surface area contributed by atoms with E-state index in [4.69, 9.17) is 0 Å². The fourth-order valence-electron chi connectivity index (χ4n) is 3.91. The lowest BCUT2D eigenvalue weighted by molar-refractivity contribution is -0.140. The van der Waals surface area contributed by atoms with Crippen LogP contribution >= 0.6 is 0 Å². The van der Waals surface area contributed by atoms with Crippen molar-refractivity contribution in [2.24, 2.45) is 5.92 Å². The summed E-state index contributed by atoms with van der Waals surface area (Å²) in [6.45, 7) is 10.8. The molecule has 0 aliphatic heterocycles. The molecule has 2 rings (SSSR count). The molecule has 1 atom stereocenters. The Labute approximate surface area is 216 Å². The summed E-state index contributed by atoms with van der Waals surface area (Å²) in [5.41, 5.74) is 3.77. The predicted molar refractivity (Wildman–Crippen MR) is 147 cm³/mol. The maximum Gasteiger partial charge on any atom is 0.242 e. The second-order valence-corrected chi connectivity index (χ2v) is 11.8. The van der Waals surface area contributed by atoms with E-state index in [2.05, 4.69) is 5.32 Å². The third-order valence-electron chi connectivity index (χ3n) is 6.27. The highest BCUT2D eigenvalue weighted by Crippen LogP contribution is 2.22. The van der Waals surface area contributed by atoms with Gasteiger partial charge < -0.3 is 10.2 Å². The number of benzene rings is 2. The number of amides is 2. The molecule has 0 aliphatic carbocycles. The van der Waals surface area contributed by atoms with Crippen molar-refractivity contribution in [2.75, 3.05) is 30.2 Å². The molecule has 0 bridgehead atoms. The van der Waals surface area contributed by atoms with E-state index in [1.807, 2.05) is 70.2 Å². The van der Waals surface area contributed by atoms with Crippen molar-refractivity contribution >= 4 is 27.5 Å². The third kappa shape index (κ3) is 8.97. The normalized spacial score (nSPS) is 12.3. The molecule has 0 radical (unpaired) electrons. The second kappa shape index (κ2) is 13.4. The van der Waals surface area contributed by atoms with Gasteiger partial charge in [-0.25, -0.2) is 8.42 Å². The first-order chi connectivity index (χ1) is 16.9. The van der Waals surface area contributed by atoms with Crippen LogP contribution in [0.15, 0.2) is 48.5 Å². The van der Waals surface area contributed by atoms with E-state index >= 15 is 0 Å². The van der Waals surface area contributed by atoms with Crippen molar-refractivity contribution in [3.05, 3.63) is 65.2 Å². The quantitative estimate of drug-likeness (QED) is 0.436. The number of hydrogen-bond donors (Lipinski definition) is 1. The lowest BCUT2D eigenvalue weighted by Crippen LogP contribution is -2.49. The van der Waals surface area contributed by atoms with Crippen molar-refractivity contribution in [3.63, 3.8) is 0 Å². The predicted octanol–water partition coefficient (Wildman–Crippen LogP) is 4.08. The minimum Gasteiger partial charge on any atom is -0.354 e. The van der Waals surface area contributed by atoms with Crippen LogP contribution in [-0.4, -0.2) is 57.1 Å². The fourth-order valence-corrected chi connectivity index (χ4v) is 4.86. The standard InChI is InChI=1S/C28H41N3O4S/c1-21(2)20-29-28(33)24(5)30(18-16-25-11-8-7-9-12-25)27(32)13-10-17-31(36(6,34)35)26-15-14-22(3)23(4)19-26/h7-9,11-12,14-15,19,21,24H,10,13,16-18,20H2,1-6H3,(H,29,33)/t24-/m1/s1. The van der Waals surface area contributed by atoms with Gasteiger partial charge in [0.15, 0.2) is 0 Å². The van der Waals surface area contributed by atoms with Crippen LogP contribution in [-0.2, 0) is 26.0 Å². The molecule has 0 unspecified atom stereocenters. The summed E-state index contributed by atoms with van der Waals surface area (Å²) < 4.78 is 26.3. The lowest BCUT2D eigenvalue weighted by atomic mass is 10.1. The molecular formula is C28H41N3O4S. The summed E-state index contributed by atoms with van der Waals surface area (Å²) in [6.07, 6.45) is 2.30. The number of nitrogens with zero attached hydrogens (tertiary/aromatic N) is 2. The van der Waals surface area contributed by atoms with E-state index in [0.29, 0.717) is 37.5 Å². The van der Waals surface area contributed by atoms with E-state index in [0.717, 1.165) is 16.7 Å². The molecule has 0 heterocycles. The van der Waals surface area contributed by atoms with E-state index in [1.165, 1.54) is 10.6 Å². The minimum atomic E-state index is -3.51. The van der Waals surface area contributed by atoms with Gasteiger partial charge in [0.1, 0.15) is 6.04 Å². The molecule has 0 aromatic heterocycles. The summed E-state index contributed by atoms with van der Waals surface area (Å²) in [6, 6.07) is 14.8. The zero-order chi connectivity index (χ0) is 26.9. The summed E-state index contributed by atoms with van der Waals surface area (Å²) in [7, 11) is -3.51. The van der Waals surface area contributed by atoms with Gasteiger partial charge >= 0.3 is 0 Å². The Morgan fingerprint density at radius 1 is 0.944 bits per heavy atom. The third-order valence-corrected chi connectivity index (χ3v) is 7.46. The first-order valence-corrected chi connectivity index (χ1v) is 14.4. The van der Waals surface area contributed by atoms with Gasteiger partial charge in [-0.15, -0.1) is 0 Å². The van der Waals surface area contributed by atoms with Crippen molar-refractivity contribution < 1.29 is 18.0 Å². The van der Waals surface area contributed by atoms with Gasteiger partial charge in [0.25, 0.3) is 0 Å². The summed E-state index contributed by atoms with van der Waals surface area (Å²) in [5, 5.41) is 2.92. The number of carbonyl (C=O) groups excluding carboxylic acids is 2. The van der Waals surface area contributed by atoms with Crippen LogP contribution in [0, 0.1) is 19.8 Å². The average molecular weight is 516 g/mol. The molecule has 0 spiro atoms. The van der Waals surface area contributed by atoms with E-state index in [9.17, 15) is 18.0 Å². The molecule has 1 N–H and O–H groups in total. The zero-order valence-electron chi connectivity index (χ0n) is 22.5. The molecule has 0 fully saturated rings. The summed E-state index contributed by atoms with van der Waals surface area (Å²) in [5.74, 6) is -0.0355. The summed E-state index contributed by atoms with van der Waals surface area (Å²) in [4.78, 5) is 27.7. The molecule has 0 saturated heterocycles. The van der Waals surface area contributed by atoms with Gasteiger partial charge in [0, 0.05) is 26.1 Å². The molecule has 8 heteroatoms. The number of carbonyl (C=O) groups is 2. The highest BCUT2D eigenvalue weighted by atomic mass is 32.2. The first-order valence-electron chi connectivity index (χ1n) is 12.6. The van der Waals surface area contributed by atoms with Crippen LogP contribution in [0.3, 0.4) is 0 Å².